The number of aromatic nitrogens is 2. The molecule has 0 aliphatic rings. The Bertz CT molecular complexity index is 320. The molecule has 0 aromatic carbocycles. The molecule has 1 amide bonds. The molecular weight excluding hydrogens is 180 g/mol. The predicted octanol–water partition coefficient (Wildman–Crippen LogP) is -0.161. The molecule has 2 N–H and O–H groups in total. The van der Waals surface area contributed by atoms with Crippen molar-refractivity contribution >= 4 is 5.91 Å². The summed E-state index contributed by atoms with van der Waals surface area (Å²) in [6.07, 6.45) is 3.16. The van der Waals surface area contributed by atoms with Gasteiger partial charge in [-0.1, -0.05) is 0 Å². The van der Waals surface area contributed by atoms with Crippen LogP contribution in [0.1, 0.15) is 17.4 Å². The molecule has 0 aliphatic carbocycles. The second-order valence-corrected chi connectivity index (χ2v) is 3.39. The molecule has 78 valence electrons. The molecule has 0 saturated carbocycles. The summed E-state index contributed by atoms with van der Waals surface area (Å²) in [5.74, 6) is -0.0528. The molecule has 0 aliphatic heterocycles. The van der Waals surface area contributed by atoms with Gasteiger partial charge in [0.15, 0.2) is 0 Å². The Morgan fingerprint density at radius 3 is 2.86 bits per heavy atom. The Morgan fingerprint density at radius 2 is 2.43 bits per heavy atom. The number of likely N-dealkylation sites (N-methyl/N-ethyl adjacent to an activating group) is 1. The zero-order valence-corrected chi connectivity index (χ0v) is 8.77. The smallest absolute Gasteiger partial charge is 0.272 e. The summed E-state index contributed by atoms with van der Waals surface area (Å²) in [5.41, 5.74) is 6.06. The minimum absolute atomic E-state index is 0.0393. The van der Waals surface area contributed by atoms with E-state index in [2.05, 4.69) is 4.98 Å². The molecule has 0 radical (unpaired) electrons. The molecule has 0 bridgehead atoms. The van der Waals surface area contributed by atoms with Crippen LogP contribution in [0.2, 0.25) is 0 Å². The van der Waals surface area contributed by atoms with Crippen LogP contribution in [0.3, 0.4) is 0 Å². The van der Waals surface area contributed by atoms with Gasteiger partial charge in [-0.25, -0.2) is 4.98 Å². The number of carbonyl (C=O) groups excluding carboxylic acids is 1. The van der Waals surface area contributed by atoms with E-state index in [4.69, 9.17) is 5.73 Å². The SMILES string of the molecule is CC(CN)N(C)C(=O)c1cncn1C. The van der Waals surface area contributed by atoms with Crippen LogP contribution in [0.5, 0.6) is 0 Å². The van der Waals surface area contributed by atoms with Gasteiger partial charge < -0.3 is 15.2 Å². The largest absolute Gasteiger partial charge is 0.336 e. The number of amides is 1. The molecule has 1 heterocycles. The van der Waals surface area contributed by atoms with E-state index in [9.17, 15) is 4.79 Å². The standard InChI is InChI=1S/C9H16N4O/c1-7(4-10)13(3)9(14)8-5-11-6-12(8)2/h5-7H,4,10H2,1-3H3. The fourth-order valence-electron chi connectivity index (χ4n) is 1.10. The highest BCUT2D eigenvalue weighted by Crippen LogP contribution is 2.04. The Balaban J connectivity index is 2.81. The number of imidazole rings is 1. The van der Waals surface area contributed by atoms with Crippen LogP contribution in [0.15, 0.2) is 12.5 Å². The maximum absolute atomic E-state index is 11.8. The van der Waals surface area contributed by atoms with E-state index in [-0.39, 0.29) is 11.9 Å². The van der Waals surface area contributed by atoms with Crippen molar-refractivity contribution in [2.24, 2.45) is 12.8 Å². The number of nitrogens with zero attached hydrogens (tertiary/aromatic N) is 3. The lowest BCUT2D eigenvalue weighted by Crippen LogP contribution is -2.40. The van der Waals surface area contributed by atoms with E-state index in [0.717, 1.165) is 0 Å². The average Bonchev–Trinajstić information content (AvgIpc) is 2.61. The van der Waals surface area contributed by atoms with Gasteiger partial charge in [0.2, 0.25) is 0 Å². The molecule has 1 rings (SSSR count). The van der Waals surface area contributed by atoms with Crippen LogP contribution in [-0.4, -0.2) is 40.0 Å². The quantitative estimate of drug-likeness (QED) is 0.730. The van der Waals surface area contributed by atoms with Crippen LogP contribution in [-0.2, 0) is 7.05 Å². The zero-order chi connectivity index (χ0) is 10.7. The van der Waals surface area contributed by atoms with Crippen molar-refractivity contribution in [3.63, 3.8) is 0 Å². The second kappa shape index (κ2) is 4.23. The maximum atomic E-state index is 11.8. The molecule has 1 unspecified atom stereocenters. The van der Waals surface area contributed by atoms with Crippen LogP contribution >= 0.6 is 0 Å². The van der Waals surface area contributed by atoms with Gasteiger partial charge in [-0.15, -0.1) is 0 Å². The lowest BCUT2D eigenvalue weighted by Gasteiger charge is -2.23. The fourth-order valence-corrected chi connectivity index (χ4v) is 1.10. The normalized spacial score (nSPS) is 12.6. The monoisotopic (exact) mass is 196 g/mol. The minimum Gasteiger partial charge on any atom is -0.336 e. The van der Waals surface area contributed by atoms with E-state index in [0.29, 0.717) is 12.2 Å². The number of hydrogen-bond donors (Lipinski definition) is 1. The third-order valence-electron chi connectivity index (χ3n) is 2.36. The summed E-state index contributed by atoms with van der Waals surface area (Å²) >= 11 is 0. The van der Waals surface area contributed by atoms with Crippen LogP contribution < -0.4 is 5.73 Å². The van der Waals surface area contributed by atoms with Gasteiger partial charge in [-0.2, -0.15) is 0 Å². The average molecular weight is 196 g/mol. The second-order valence-electron chi connectivity index (χ2n) is 3.39. The molecule has 1 aromatic heterocycles. The number of aryl methyl sites for hydroxylation is 1. The Labute approximate surface area is 83.5 Å². The van der Waals surface area contributed by atoms with Gasteiger partial charge >= 0.3 is 0 Å². The highest BCUT2D eigenvalue weighted by molar-refractivity contribution is 5.92. The van der Waals surface area contributed by atoms with Crippen LogP contribution in [0.25, 0.3) is 0 Å². The van der Waals surface area contributed by atoms with Gasteiger partial charge in [0.1, 0.15) is 5.69 Å². The summed E-state index contributed by atoms with van der Waals surface area (Å²) in [6, 6.07) is 0.0393. The van der Waals surface area contributed by atoms with E-state index in [1.165, 1.54) is 0 Å². The Kier molecular flexibility index (Phi) is 3.24. The van der Waals surface area contributed by atoms with E-state index in [1.54, 1.807) is 36.1 Å². The van der Waals surface area contributed by atoms with E-state index >= 15 is 0 Å². The molecule has 5 heteroatoms. The number of nitrogens with two attached hydrogens (primary N) is 1. The number of rotatable bonds is 3. The van der Waals surface area contributed by atoms with Crippen LogP contribution in [0, 0.1) is 0 Å². The predicted molar refractivity (Wildman–Crippen MR) is 53.8 cm³/mol. The van der Waals surface area contributed by atoms with Gasteiger partial charge in [0, 0.05) is 26.7 Å². The first-order valence-corrected chi connectivity index (χ1v) is 4.51. The summed E-state index contributed by atoms with van der Waals surface area (Å²) in [6.45, 7) is 2.37. The van der Waals surface area contributed by atoms with Crippen molar-refractivity contribution in [1.29, 1.82) is 0 Å². The Morgan fingerprint density at radius 1 is 1.79 bits per heavy atom. The first-order chi connectivity index (χ1) is 6.57. The van der Waals surface area contributed by atoms with Crippen molar-refractivity contribution in [3.05, 3.63) is 18.2 Å². The molecule has 5 nitrogen and oxygen atoms in total. The lowest BCUT2D eigenvalue weighted by atomic mass is 10.3. The van der Waals surface area contributed by atoms with E-state index in [1.807, 2.05) is 6.92 Å². The van der Waals surface area contributed by atoms with Crippen molar-refractivity contribution < 1.29 is 4.79 Å². The molecule has 0 saturated heterocycles. The summed E-state index contributed by atoms with van der Waals surface area (Å²) in [4.78, 5) is 17.4. The third-order valence-corrected chi connectivity index (χ3v) is 2.36. The summed E-state index contributed by atoms with van der Waals surface area (Å²) in [7, 11) is 3.54. The number of carbonyl (C=O) groups is 1. The summed E-state index contributed by atoms with van der Waals surface area (Å²) in [5, 5.41) is 0. The van der Waals surface area contributed by atoms with Gasteiger partial charge in [0.25, 0.3) is 5.91 Å². The Hall–Kier alpha value is -1.36. The molecule has 14 heavy (non-hydrogen) atoms. The van der Waals surface area contributed by atoms with Crippen molar-refractivity contribution in [2.75, 3.05) is 13.6 Å². The summed E-state index contributed by atoms with van der Waals surface area (Å²) < 4.78 is 1.70. The molecule has 0 fully saturated rings. The van der Waals surface area contributed by atoms with Crippen molar-refractivity contribution in [3.8, 4) is 0 Å². The third kappa shape index (κ3) is 1.93. The minimum atomic E-state index is -0.0528. The van der Waals surface area contributed by atoms with E-state index < -0.39 is 0 Å². The highest BCUT2D eigenvalue weighted by atomic mass is 16.2. The van der Waals surface area contributed by atoms with Crippen LogP contribution in [0.4, 0.5) is 0 Å². The van der Waals surface area contributed by atoms with Gasteiger partial charge in [-0.05, 0) is 6.92 Å². The lowest BCUT2D eigenvalue weighted by molar-refractivity contribution is 0.0739. The molecule has 1 atom stereocenters. The molecule has 0 spiro atoms. The zero-order valence-electron chi connectivity index (χ0n) is 8.77. The highest BCUT2D eigenvalue weighted by Gasteiger charge is 2.18. The molecule has 1 aromatic rings. The topological polar surface area (TPSA) is 64.2 Å². The first-order valence-electron chi connectivity index (χ1n) is 4.51. The van der Waals surface area contributed by atoms with Gasteiger partial charge in [0.05, 0.1) is 12.5 Å². The molecular formula is C9H16N4O. The fraction of sp³-hybridized carbons (Fsp3) is 0.556. The maximum Gasteiger partial charge on any atom is 0.272 e. The first kappa shape index (κ1) is 10.7. The van der Waals surface area contributed by atoms with Crippen molar-refractivity contribution in [2.45, 2.75) is 13.0 Å². The van der Waals surface area contributed by atoms with Gasteiger partial charge in [-0.3, -0.25) is 4.79 Å². The van der Waals surface area contributed by atoms with Crippen molar-refractivity contribution in [1.82, 2.24) is 14.5 Å². The number of hydrogen-bond acceptors (Lipinski definition) is 3.